The Morgan fingerprint density at radius 2 is 2.03 bits per heavy atom. The van der Waals surface area contributed by atoms with E-state index < -0.39 is 6.10 Å². The van der Waals surface area contributed by atoms with E-state index in [1.165, 1.54) is 0 Å². The molecule has 2 aliphatic rings. The molecule has 2 heterocycles. The number of nitrogens with one attached hydrogen (secondary N) is 2. The lowest BCUT2D eigenvalue weighted by atomic mass is 9.95. The van der Waals surface area contributed by atoms with Gasteiger partial charge in [-0.25, -0.2) is 4.79 Å². The van der Waals surface area contributed by atoms with Gasteiger partial charge in [0.25, 0.3) is 0 Å². The van der Waals surface area contributed by atoms with Gasteiger partial charge in [-0.15, -0.1) is 0 Å². The van der Waals surface area contributed by atoms with Crippen LogP contribution in [0.15, 0.2) is 18.2 Å². The number of ether oxygens (including phenoxy) is 2. The summed E-state index contributed by atoms with van der Waals surface area (Å²) in [6.45, 7) is 0.448. The third-order valence-electron chi connectivity index (χ3n) is 5.10. The highest BCUT2D eigenvalue weighted by molar-refractivity contribution is 6.42. The van der Waals surface area contributed by atoms with Crippen LogP contribution in [-0.2, 0) is 14.3 Å². The van der Waals surface area contributed by atoms with Crippen LogP contribution < -0.4 is 10.6 Å². The van der Waals surface area contributed by atoms with Crippen molar-refractivity contribution in [2.24, 2.45) is 0 Å². The molecule has 0 aliphatic carbocycles. The number of amides is 3. The van der Waals surface area contributed by atoms with Gasteiger partial charge in [0.15, 0.2) is 0 Å². The van der Waals surface area contributed by atoms with Crippen LogP contribution in [0.2, 0.25) is 10.0 Å². The van der Waals surface area contributed by atoms with Gasteiger partial charge in [0.05, 0.1) is 54.5 Å². The van der Waals surface area contributed by atoms with Crippen LogP contribution >= 0.6 is 23.2 Å². The Bertz CT molecular complexity index is 751. The molecule has 1 aromatic carbocycles. The molecule has 0 aromatic heterocycles. The van der Waals surface area contributed by atoms with Crippen LogP contribution in [0.4, 0.5) is 10.5 Å². The topological polar surface area (TPSA) is 100 Å². The summed E-state index contributed by atoms with van der Waals surface area (Å²) in [7, 11) is 1.59. The van der Waals surface area contributed by atoms with Crippen molar-refractivity contribution in [1.82, 2.24) is 10.2 Å². The Hall–Kier alpha value is -1.58. The third kappa shape index (κ3) is 5.73. The minimum absolute atomic E-state index is 0.0927. The van der Waals surface area contributed by atoms with E-state index in [1.807, 2.05) is 0 Å². The number of aliphatic hydroxyl groups excluding tert-OH is 1. The van der Waals surface area contributed by atoms with Gasteiger partial charge in [-0.1, -0.05) is 23.2 Å². The Morgan fingerprint density at radius 1 is 1.24 bits per heavy atom. The lowest BCUT2D eigenvalue weighted by Crippen LogP contribution is -2.58. The molecule has 10 heteroatoms. The van der Waals surface area contributed by atoms with Crippen molar-refractivity contribution in [3.63, 3.8) is 0 Å². The van der Waals surface area contributed by atoms with Gasteiger partial charge in [-0.3, -0.25) is 4.79 Å². The number of rotatable bonds is 3. The lowest BCUT2D eigenvalue weighted by Gasteiger charge is -2.44. The predicted octanol–water partition coefficient (Wildman–Crippen LogP) is 2.27. The van der Waals surface area contributed by atoms with Crippen LogP contribution in [-0.4, -0.2) is 73.1 Å². The summed E-state index contributed by atoms with van der Waals surface area (Å²) in [6.07, 6.45) is 0.102. The second-order valence-corrected chi connectivity index (χ2v) is 8.04. The molecule has 4 atom stereocenters. The summed E-state index contributed by atoms with van der Waals surface area (Å²) in [6, 6.07) is 4.18. The number of halogens is 2. The normalized spacial score (nSPS) is 27.4. The summed E-state index contributed by atoms with van der Waals surface area (Å²) in [5, 5.41) is 16.3. The zero-order valence-electron chi connectivity index (χ0n) is 16.1. The monoisotopic (exact) mass is 445 g/mol. The minimum Gasteiger partial charge on any atom is -0.389 e. The van der Waals surface area contributed by atoms with Crippen LogP contribution in [0.5, 0.6) is 0 Å². The highest BCUT2D eigenvalue weighted by Gasteiger charge is 2.40. The molecule has 0 saturated carbocycles. The van der Waals surface area contributed by atoms with Crippen molar-refractivity contribution in [2.45, 2.75) is 43.6 Å². The quantitative estimate of drug-likeness (QED) is 0.662. The first-order valence-electron chi connectivity index (χ1n) is 9.52. The van der Waals surface area contributed by atoms with E-state index in [0.29, 0.717) is 28.6 Å². The molecule has 3 amide bonds. The first-order chi connectivity index (χ1) is 13.9. The van der Waals surface area contributed by atoms with Gasteiger partial charge in [-0.05, 0) is 31.0 Å². The molecule has 0 bridgehead atoms. The second kappa shape index (κ2) is 9.95. The smallest absolute Gasteiger partial charge is 0.322 e. The molecule has 0 radical (unpaired) electrons. The van der Waals surface area contributed by atoms with Crippen LogP contribution in [0.3, 0.4) is 0 Å². The molecule has 2 fully saturated rings. The van der Waals surface area contributed by atoms with Gasteiger partial charge < -0.3 is 30.1 Å². The highest BCUT2D eigenvalue weighted by atomic mass is 35.5. The maximum absolute atomic E-state index is 13.0. The van der Waals surface area contributed by atoms with E-state index in [0.717, 1.165) is 0 Å². The van der Waals surface area contributed by atoms with Crippen molar-refractivity contribution >= 4 is 40.8 Å². The fraction of sp³-hybridized carbons (Fsp3) is 0.579. The number of hydrogen-bond acceptors (Lipinski definition) is 5. The number of carbonyl (C=O) groups is 2. The molecule has 0 spiro atoms. The highest BCUT2D eigenvalue weighted by Crippen LogP contribution is 2.29. The predicted molar refractivity (Wildman–Crippen MR) is 109 cm³/mol. The average molecular weight is 446 g/mol. The zero-order valence-corrected chi connectivity index (χ0v) is 17.6. The first-order valence-corrected chi connectivity index (χ1v) is 10.3. The number of hydrogen-bond donors (Lipinski definition) is 3. The number of aliphatic hydroxyl groups is 1. The van der Waals surface area contributed by atoms with Crippen molar-refractivity contribution in [1.29, 1.82) is 0 Å². The molecular weight excluding hydrogens is 421 g/mol. The van der Waals surface area contributed by atoms with Gasteiger partial charge >= 0.3 is 6.03 Å². The standard InChI is InChI=1S/C19H25Cl2N3O5/c1-22-18(26)7-13-3-5-16-17(29-13)10-28-9-12(25)8-24(16)19(27)23-11-2-4-14(20)15(21)6-11/h2,4,6,12-13,16-17,25H,3,5,7-10H2,1H3,(H,22,26)(H,23,27)/t12-,13-,16-,17+/m0/s1. The van der Waals surface area contributed by atoms with Crippen molar-refractivity contribution in [2.75, 3.05) is 32.1 Å². The molecule has 0 unspecified atom stereocenters. The largest absolute Gasteiger partial charge is 0.389 e. The molecule has 160 valence electrons. The summed E-state index contributed by atoms with van der Waals surface area (Å²) in [5.41, 5.74) is 0.503. The summed E-state index contributed by atoms with van der Waals surface area (Å²) in [4.78, 5) is 26.3. The van der Waals surface area contributed by atoms with E-state index in [9.17, 15) is 14.7 Å². The van der Waals surface area contributed by atoms with E-state index in [4.69, 9.17) is 32.7 Å². The number of carbonyl (C=O) groups excluding carboxylic acids is 2. The van der Waals surface area contributed by atoms with E-state index in [1.54, 1.807) is 30.1 Å². The van der Waals surface area contributed by atoms with E-state index in [-0.39, 0.29) is 56.4 Å². The lowest BCUT2D eigenvalue weighted by molar-refractivity contribution is -0.149. The number of benzene rings is 1. The molecule has 8 nitrogen and oxygen atoms in total. The number of anilines is 1. The van der Waals surface area contributed by atoms with Gasteiger partial charge in [0.2, 0.25) is 5.91 Å². The maximum Gasteiger partial charge on any atom is 0.322 e. The summed E-state index contributed by atoms with van der Waals surface area (Å²) < 4.78 is 11.6. The van der Waals surface area contributed by atoms with Gasteiger partial charge in [0, 0.05) is 12.7 Å². The van der Waals surface area contributed by atoms with Crippen LogP contribution in [0, 0.1) is 0 Å². The average Bonchev–Trinajstić information content (AvgIpc) is 2.68. The summed E-state index contributed by atoms with van der Waals surface area (Å²) >= 11 is 12.0. The molecule has 3 rings (SSSR count). The molecular formula is C19H25Cl2N3O5. The van der Waals surface area contributed by atoms with Gasteiger partial charge in [0.1, 0.15) is 6.10 Å². The molecule has 29 heavy (non-hydrogen) atoms. The van der Waals surface area contributed by atoms with Crippen molar-refractivity contribution < 1.29 is 24.2 Å². The maximum atomic E-state index is 13.0. The molecule has 2 aliphatic heterocycles. The Labute approximate surface area is 179 Å². The van der Waals surface area contributed by atoms with E-state index in [2.05, 4.69) is 10.6 Å². The zero-order chi connectivity index (χ0) is 21.0. The Morgan fingerprint density at radius 3 is 2.76 bits per heavy atom. The van der Waals surface area contributed by atoms with Crippen molar-refractivity contribution in [3.05, 3.63) is 28.2 Å². The van der Waals surface area contributed by atoms with Crippen molar-refractivity contribution in [3.8, 4) is 0 Å². The number of fused-ring (bicyclic) bond motifs is 1. The Balaban J connectivity index is 1.73. The summed E-state index contributed by atoms with van der Waals surface area (Å²) in [5.74, 6) is -0.0927. The number of nitrogens with zero attached hydrogens (tertiary/aromatic N) is 1. The fourth-order valence-corrected chi connectivity index (χ4v) is 3.95. The van der Waals surface area contributed by atoms with E-state index >= 15 is 0 Å². The third-order valence-corrected chi connectivity index (χ3v) is 5.84. The fourth-order valence-electron chi connectivity index (χ4n) is 3.65. The van der Waals surface area contributed by atoms with Crippen LogP contribution in [0.25, 0.3) is 0 Å². The minimum atomic E-state index is -0.806. The number of β-amino-alcohol motifs (C(OH)–C–C–N with tert-alkyl or cyclic N) is 1. The molecule has 1 aromatic rings. The second-order valence-electron chi connectivity index (χ2n) is 7.22. The van der Waals surface area contributed by atoms with Crippen LogP contribution in [0.1, 0.15) is 19.3 Å². The first kappa shape index (κ1) is 22.1. The molecule has 3 N–H and O–H groups in total. The SMILES string of the molecule is CNC(=O)C[C@@H]1CC[C@H]2[C@@H](COC[C@@H](O)CN2C(=O)Nc2ccc(Cl)c(Cl)c2)O1. The molecule has 2 saturated heterocycles. The number of urea groups is 1. The van der Waals surface area contributed by atoms with Gasteiger partial charge in [-0.2, -0.15) is 0 Å². The Kier molecular flexibility index (Phi) is 7.59.